The van der Waals surface area contributed by atoms with Gasteiger partial charge in [-0.3, -0.25) is 0 Å². The van der Waals surface area contributed by atoms with Gasteiger partial charge in [-0.05, 0) is 26.7 Å². The SMILES string of the molecule is CCc1cc(NCCC(C)O)nc(C)n1. The first-order valence-corrected chi connectivity index (χ1v) is 5.38. The first-order chi connectivity index (χ1) is 7.11. The van der Waals surface area contributed by atoms with Crippen LogP contribution < -0.4 is 5.32 Å². The van der Waals surface area contributed by atoms with Crippen molar-refractivity contribution in [1.29, 1.82) is 0 Å². The average Bonchev–Trinajstić information content (AvgIpc) is 2.16. The molecule has 0 fully saturated rings. The Morgan fingerprint density at radius 2 is 2.20 bits per heavy atom. The zero-order valence-electron chi connectivity index (χ0n) is 9.62. The van der Waals surface area contributed by atoms with Gasteiger partial charge in [0, 0.05) is 18.3 Å². The minimum atomic E-state index is -0.272. The molecule has 0 spiro atoms. The third kappa shape index (κ3) is 4.25. The topological polar surface area (TPSA) is 58.0 Å². The molecule has 0 radical (unpaired) electrons. The number of aliphatic hydroxyl groups is 1. The standard InChI is InChI=1S/C11H19N3O/c1-4-10-7-11(14-9(3)13-10)12-6-5-8(2)15/h7-8,15H,4-6H2,1-3H3,(H,12,13,14). The molecule has 0 aromatic carbocycles. The maximum absolute atomic E-state index is 9.11. The van der Waals surface area contributed by atoms with Crippen LogP contribution in [0.4, 0.5) is 5.82 Å². The lowest BCUT2D eigenvalue weighted by molar-refractivity contribution is 0.188. The maximum atomic E-state index is 9.11. The molecule has 0 aliphatic rings. The molecule has 1 aromatic rings. The third-order valence-electron chi connectivity index (χ3n) is 2.12. The number of hydrogen-bond acceptors (Lipinski definition) is 4. The molecule has 4 heteroatoms. The molecule has 2 N–H and O–H groups in total. The van der Waals surface area contributed by atoms with Crippen LogP contribution in [0, 0.1) is 6.92 Å². The van der Waals surface area contributed by atoms with Crippen LogP contribution in [-0.4, -0.2) is 27.7 Å². The summed E-state index contributed by atoms with van der Waals surface area (Å²) in [6.45, 7) is 6.47. The Morgan fingerprint density at radius 3 is 2.80 bits per heavy atom. The number of hydrogen-bond donors (Lipinski definition) is 2. The fourth-order valence-electron chi connectivity index (χ4n) is 1.31. The van der Waals surface area contributed by atoms with E-state index in [0.29, 0.717) is 0 Å². The molecule has 1 aromatic heterocycles. The minimum absolute atomic E-state index is 0.272. The van der Waals surface area contributed by atoms with E-state index in [0.717, 1.165) is 36.7 Å². The van der Waals surface area contributed by atoms with Crippen molar-refractivity contribution in [3.63, 3.8) is 0 Å². The summed E-state index contributed by atoms with van der Waals surface area (Å²) in [4.78, 5) is 8.57. The second-order valence-corrected chi connectivity index (χ2v) is 3.71. The molecule has 15 heavy (non-hydrogen) atoms. The van der Waals surface area contributed by atoms with E-state index in [1.54, 1.807) is 6.92 Å². The van der Waals surface area contributed by atoms with Crippen LogP contribution >= 0.6 is 0 Å². The predicted molar refractivity (Wildman–Crippen MR) is 60.9 cm³/mol. The molecular formula is C11H19N3O. The van der Waals surface area contributed by atoms with Gasteiger partial charge in [-0.2, -0.15) is 0 Å². The van der Waals surface area contributed by atoms with Gasteiger partial charge in [0.25, 0.3) is 0 Å². The highest BCUT2D eigenvalue weighted by molar-refractivity contribution is 5.35. The molecular weight excluding hydrogens is 190 g/mol. The largest absolute Gasteiger partial charge is 0.393 e. The summed E-state index contributed by atoms with van der Waals surface area (Å²) >= 11 is 0. The first-order valence-electron chi connectivity index (χ1n) is 5.38. The summed E-state index contributed by atoms with van der Waals surface area (Å²) in [7, 11) is 0. The molecule has 0 bridgehead atoms. The van der Waals surface area contributed by atoms with Crippen LogP contribution in [0.25, 0.3) is 0 Å². The maximum Gasteiger partial charge on any atom is 0.129 e. The Hall–Kier alpha value is -1.16. The van der Waals surface area contributed by atoms with Crippen molar-refractivity contribution < 1.29 is 5.11 Å². The van der Waals surface area contributed by atoms with Gasteiger partial charge in [-0.1, -0.05) is 6.92 Å². The summed E-state index contributed by atoms with van der Waals surface area (Å²) in [6.07, 6.45) is 1.37. The summed E-state index contributed by atoms with van der Waals surface area (Å²) < 4.78 is 0. The molecule has 0 saturated carbocycles. The van der Waals surface area contributed by atoms with E-state index >= 15 is 0 Å². The van der Waals surface area contributed by atoms with Gasteiger partial charge in [0.05, 0.1) is 6.10 Å². The number of rotatable bonds is 5. The van der Waals surface area contributed by atoms with Gasteiger partial charge in [0.15, 0.2) is 0 Å². The quantitative estimate of drug-likeness (QED) is 0.772. The minimum Gasteiger partial charge on any atom is -0.393 e. The lowest BCUT2D eigenvalue weighted by Crippen LogP contribution is -2.11. The van der Waals surface area contributed by atoms with Crippen molar-refractivity contribution in [3.8, 4) is 0 Å². The lowest BCUT2D eigenvalue weighted by Gasteiger charge is -2.08. The highest BCUT2D eigenvalue weighted by Gasteiger charge is 2.00. The first kappa shape index (κ1) is 11.9. The lowest BCUT2D eigenvalue weighted by atomic mass is 10.3. The molecule has 84 valence electrons. The Morgan fingerprint density at radius 1 is 1.47 bits per heavy atom. The molecule has 0 saturated heterocycles. The van der Waals surface area contributed by atoms with Crippen LogP contribution in [0.15, 0.2) is 6.07 Å². The fourth-order valence-corrected chi connectivity index (χ4v) is 1.31. The highest BCUT2D eigenvalue weighted by Crippen LogP contribution is 2.07. The number of anilines is 1. The van der Waals surface area contributed by atoms with Crippen LogP contribution in [0.3, 0.4) is 0 Å². The van der Waals surface area contributed by atoms with Gasteiger partial charge in [-0.15, -0.1) is 0 Å². The fraction of sp³-hybridized carbons (Fsp3) is 0.636. The Bertz CT molecular complexity index is 313. The van der Waals surface area contributed by atoms with E-state index in [4.69, 9.17) is 5.11 Å². The van der Waals surface area contributed by atoms with Crippen molar-refractivity contribution >= 4 is 5.82 Å². The zero-order valence-corrected chi connectivity index (χ0v) is 9.62. The predicted octanol–water partition coefficient (Wildman–Crippen LogP) is 1.53. The normalized spacial score (nSPS) is 12.5. The van der Waals surface area contributed by atoms with Crippen LogP contribution in [0.5, 0.6) is 0 Å². The van der Waals surface area contributed by atoms with E-state index in [1.165, 1.54) is 0 Å². The summed E-state index contributed by atoms with van der Waals surface area (Å²) in [5.74, 6) is 1.63. The zero-order chi connectivity index (χ0) is 11.3. The molecule has 1 rings (SSSR count). The Kier molecular flexibility index (Phi) is 4.49. The second kappa shape index (κ2) is 5.66. The average molecular weight is 209 g/mol. The van der Waals surface area contributed by atoms with Crippen molar-refractivity contribution in [1.82, 2.24) is 9.97 Å². The Balaban J connectivity index is 2.56. The van der Waals surface area contributed by atoms with Gasteiger partial charge < -0.3 is 10.4 Å². The number of nitrogens with zero attached hydrogens (tertiary/aromatic N) is 2. The van der Waals surface area contributed by atoms with E-state index in [-0.39, 0.29) is 6.10 Å². The van der Waals surface area contributed by atoms with E-state index in [2.05, 4.69) is 22.2 Å². The van der Waals surface area contributed by atoms with Crippen molar-refractivity contribution in [2.24, 2.45) is 0 Å². The van der Waals surface area contributed by atoms with Crippen LogP contribution in [0.1, 0.15) is 31.8 Å². The van der Waals surface area contributed by atoms with Gasteiger partial charge in [-0.25, -0.2) is 9.97 Å². The molecule has 1 heterocycles. The van der Waals surface area contributed by atoms with Gasteiger partial charge in [0.1, 0.15) is 11.6 Å². The van der Waals surface area contributed by atoms with Crippen LogP contribution in [-0.2, 0) is 6.42 Å². The number of aromatic nitrogens is 2. The summed E-state index contributed by atoms with van der Waals surface area (Å²) in [6, 6.07) is 1.95. The molecule has 1 unspecified atom stereocenters. The highest BCUT2D eigenvalue weighted by atomic mass is 16.3. The summed E-state index contributed by atoms with van der Waals surface area (Å²) in [5.41, 5.74) is 1.04. The third-order valence-corrected chi connectivity index (χ3v) is 2.12. The van der Waals surface area contributed by atoms with E-state index in [9.17, 15) is 0 Å². The number of aryl methyl sites for hydroxylation is 2. The van der Waals surface area contributed by atoms with Gasteiger partial charge in [0.2, 0.25) is 0 Å². The second-order valence-electron chi connectivity index (χ2n) is 3.71. The Labute approximate surface area is 90.8 Å². The number of nitrogens with one attached hydrogen (secondary N) is 1. The van der Waals surface area contributed by atoms with Gasteiger partial charge >= 0.3 is 0 Å². The van der Waals surface area contributed by atoms with Crippen LogP contribution in [0.2, 0.25) is 0 Å². The van der Waals surface area contributed by atoms with E-state index in [1.807, 2.05) is 13.0 Å². The number of aliphatic hydroxyl groups excluding tert-OH is 1. The molecule has 0 aliphatic heterocycles. The van der Waals surface area contributed by atoms with Crippen molar-refractivity contribution in [2.45, 2.75) is 39.7 Å². The molecule has 1 atom stereocenters. The molecule has 0 amide bonds. The molecule has 4 nitrogen and oxygen atoms in total. The van der Waals surface area contributed by atoms with Crippen molar-refractivity contribution in [3.05, 3.63) is 17.6 Å². The smallest absolute Gasteiger partial charge is 0.129 e. The monoisotopic (exact) mass is 209 g/mol. The van der Waals surface area contributed by atoms with E-state index < -0.39 is 0 Å². The molecule has 0 aliphatic carbocycles. The van der Waals surface area contributed by atoms with Crippen molar-refractivity contribution in [2.75, 3.05) is 11.9 Å². The summed E-state index contributed by atoms with van der Waals surface area (Å²) in [5, 5.41) is 12.3.